The van der Waals surface area contributed by atoms with Crippen molar-refractivity contribution in [2.45, 2.75) is 19.3 Å². The summed E-state index contributed by atoms with van der Waals surface area (Å²) in [7, 11) is 1.86. The lowest BCUT2D eigenvalue weighted by Crippen LogP contribution is -2.33. The fourth-order valence-corrected chi connectivity index (χ4v) is 3.25. The van der Waals surface area contributed by atoms with Gasteiger partial charge in [0.1, 0.15) is 0 Å². The molecule has 1 saturated heterocycles. The fraction of sp³-hybridized carbons (Fsp3) is 0.462. The molecule has 0 radical (unpaired) electrons. The number of aromatic nitrogens is 2. The Labute approximate surface area is 116 Å². The molecule has 0 aromatic carbocycles. The van der Waals surface area contributed by atoms with Gasteiger partial charge in [-0.1, -0.05) is 0 Å². The zero-order chi connectivity index (χ0) is 13.2. The van der Waals surface area contributed by atoms with Crippen LogP contribution in [0.4, 0.5) is 0 Å². The van der Waals surface area contributed by atoms with Crippen molar-refractivity contribution in [3.8, 4) is 0 Å². The molecule has 19 heavy (non-hydrogen) atoms. The van der Waals surface area contributed by atoms with Crippen LogP contribution in [0.5, 0.6) is 0 Å². The minimum absolute atomic E-state index is 0.130. The molecule has 0 spiro atoms. The number of piperidine rings is 1. The zero-order valence-electron chi connectivity index (χ0n) is 10.9. The zero-order valence-corrected chi connectivity index (χ0v) is 11.7. The summed E-state index contributed by atoms with van der Waals surface area (Å²) >= 11 is 1.48. The van der Waals surface area contributed by atoms with Crippen LogP contribution in [0.25, 0.3) is 6.08 Å². The molecule has 1 amide bonds. The minimum atomic E-state index is -0.130. The number of aryl methyl sites for hydroxylation is 1. The molecule has 0 aliphatic carbocycles. The molecule has 6 heteroatoms. The fourth-order valence-electron chi connectivity index (χ4n) is 2.28. The second kappa shape index (κ2) is 5.21. The Morgan fingerprint density at radius 2 is 2.11 bits per heavy atom. The van der Waals surface area contributed by atoms with Gasteiger partial charge in [0.05, 0.1) is 11.1 Å². The third-order valence-corrected chi connectivity index (χ3v) is 4.30. The van der Waals surface area contributed by atoms with Crippen molar-refractivity contribution in [2.24, 2.45) is 12.0 Å². The molecule has 2 aliphatic rings. The Kier molecular flexibility index (Phi) is 3.42. The van der Waals surface area contributed by atoms with Crippen molar-refractivity contribution in [2.75, 3.05) is 13.1 Å². The first-order valence-electron chi connectivity index (χ1n) is 6.48. The second-order valence-corrected chi connectivity index (χ2v) is 5.81. The number of likely N-dealkylation sites (tertiary alicyclic amines) is 1. The third kappa shape index (κ3) is 2.73. The maximum absolute atomic E-state index is 11.9. The van der Waals surface area contributed by atoms with Gasteiger partial charge in [-0.2, -0.15) is 10.1 Å². The molecular formula is C13H16N4OS. The average molecular weight is 276 g/mol. The van der Waals surface area contributed by atoms with Crippen LogP contribution in [0.1, 0.15) is 24.8 Å². The van der Waals surface area contributed by atoms with E-state index in [1.54, 1.807) is 10.9 Å². The monoisotopic (exact) mass is 276 g/mol. The molecule has 0 unspecified atom stereocenters. The molecule has 0 bridgehead atoms. The Balaban J connectivity index is 1.74. The van der Waals surface area contributed by atoms with Crippen LogP contribution < -0.4 is 0 Å². The van der Waals surface area contributed by atoms with Gasteiger partial charge in [0.2, 0.25) is 0 Å². The number of hydrogen-bond acceptors (Lipinski definition) is 4. The smallest absolute Gasteiger partial charge is 0.286 e. The first-order chi connectivity index (χ1) is 9.22. The van der Waals surface area contributed by atoms with Gasteiger partial charge in [0, 0.05) is 31.9 Å². The number of amidine groups is 1. The maximum Gasteiger partial charge on any atom is 0.286 e. The van der Waals surface area contributed by atoms with Gasteiger partial charge >= 0.3 is 0 Å². The van der Waals surface area contributed by atoms with E-state index in [-0.39, 0.29) is 5.91 Å². The van der Waals surface area contributed by atoms with Crippen molar-refractivity contribution >= 4 is 28.9 Å². The standard InChI is InChI=1S/C13H16N4OS/c1-16-9-10(8-14-16)7-11-12(18)15-13(19-11)17-5-3-2-4-6-17/h7-9H,2-6H2,1H3/b11-7-. The summed E-state index contributed by atoms with van der Waals surface area (Å²) < 4.78 is 1.73. The van der Waals surface area contributed by atoms with E-state index in [9.17, 15) is 4.79 Å². The van der Waals surface area contributed by atoms with Gasteiger partial charge in [0.15, 0.2) is 5.17 Å². The molecule has 0 atom stereocenters. The first-order valence-corrected chi connectivity index (χ1v) is 7.30. The Bertz CT molecular complexity index is 555. The van der Waals surface area contributed by atoms with Crippen LogP contribution in [0, 0.1) is 0 Å². The van der Waals surface area contributed by atoms with E-state index in [1.807, 2.05) is 19.3 Å². The van der Waals surface area contributed by atoms with Crippen LogP contribution in [0.15, 0.2) is 22.3 Å². The quantitative estimate of drug-likeness (QED) is 0.735. The Morgan fingerprint density at radius 1 is 1.32 bits per heavy atom. The third-order valence-electron chi connectivity index (χ3n) is 3.26. The van der Waals surface area contributed by atoms with Crippen LogP contribution in [-0.4, -0.2) is 38.8 Å². The Hall–Kier alpha value is -1.56. The van der Waals surface area contributed by atoms with Crippen molar-refractivity contribution in [3.05, 3.63) is 22.9 Å². The number of aliphatic imine (C=N–C) groups is 1. The molecule has 3 rings (SSSR count). The lowest BCUT2D eigenvalue weighted by atomic mass is 10.1. The van der Waals surface area contributed by atoms with Gasteiger partial charge in [-0.25, -0.2) is 0 Å². The van der Waals surface area contributed by atoms with E-state index in [0.717, 1.165) is 23.8 Å². The molecule has 1 aromatic heterocycles. The summed E-state index contributed by atoms with van der Waals surface area (Å²) in [4.78, 5) is 19.0. The number of rotatable bonds is 1. The summed E-state index contributed by atoms with van der Waals surface area (Å²) in [6.07, 6.45) is 9.16. The van der Waals surface area contributed by atoms with Gasteiger partial charge in [0.25, 0.3) is 5.91 Å². The molecule has 3 heterocycles. The predicted molar refractivity (Wildman–Crippen MR) is 76.6 cm³/mol. The predicted octanol–water partition coefficient (Wildman–Crippen LogP) is 1.88. The van der Waals surface area contributed by atoms with Crippen LogP contribution >= 0.6 is 11.8 Å². The van der Waals surface area contributed by atoms with Crippen LogP contribution in [-0.2, 0) is 11.8 Å². The summed E-state index contributed by atoms with van der Waals surface area (Å²) in [6.45, 7) is 2.03. The molecule has 1 fully saturated rings. The lowest BCUT2D eigenvalue weighted by molar-refractivity contribution is -0.113. The highest BCUT2D eigenvalue weighted by atomic mass is 32.2. The molecule has 0 saturated carbocycles. The largest absolute Gasteiger partial charge is 0.351 e. The number of carbonyl (C=O) groups is 1. The van der Waals surface area contributed by atoms with Crippen LogP contribution in [0.2, 0.25) is 0 Å². The topological polar surface area (TPSA) is 50.5 Å². The number of carbonyl (C=O) groups excluding carboxylic acids is 1. The summed E-state index contributed by atoms with van der Waals surface area (Å²) in [5.41, 5.74) is 0.938. The highest BCUT2D eigenvalue weighted by Crippen LogP contribution is 2.31. The lowest BCUT2D eigenvalue weighted by Gasteiger charge is -2.27. The number of thioether (sulfide) groups is 1. The summed E-state index contributed by atoms with van der Waals surface area (Å²) in [5, 5.41) is 4.96. The first kappa shape index (κ1) is 12.5. The van der Waals surface area contributed by atoms with Crippen molar-refractivity contribution in [3.63, 3.8) is 0 Å². The Morgan fingerprint density at radius 3 is 2.79 bits per heavy atom. The van der Waals surface area contributed by atoms with Crippen molar-refractivity contribution in [1.82, 2.24) is 14.7 Å². The second-order valence-electron chi connectivity index (χ2n) is 4.81. The van der Waals surface area contributed by atoms with E-state index in [1.165, 1.54) is 31.0 Å². The van der Waals surface area contributed by atoms with E-state index in [2.05, 4.69) is 15.0 Å². The average Bonchev–Trinajstić information content (AvgIpc) is 2.98. The highest BCUT2D eigenvalue weighted by molar-refractivity contribution is 8.18. The molecule has 5 nitrogen and oxygen atoms in total. The van der Waals surface area contributed by atoms with Gasteiger partial charge in [-0.05, 0) is 37.1 Å². The molecule has 2 aliphatic heterocycles. The van der Waals surface area contributed by atoms with E-state index in [0.29, 0.717) is 4.91 Å². The number of amides is 1. The highest BCUT2D eigenvalue weighted by Gasteiger charge is 2.26. The van der Waals surface area contributed by atoms with Gasteiger partial charge in [-0.15, -0.1) is 0 Å². The molecule has 100 valence electrons. The van der Waals surface area contributed by atoms with Gasteiger partial charge < -0.3 is 4.90 Å². The van der Waals surface area contributed by atoms with E-state index < -0.39 is 0 Å². The van der Waals surface area contributed by atoms with Crippen molar-refractivity contribution in [1.29, 1.82) is 0 Å². The number of hydrogen-bond donors (Lipinski definition) is 0. The minimum Gasteiger partial charge on any atom is -0.351 e. The molecule has 0 N–H and O–H groups in total. The van der Waals surface area contributed by atoms with Crippen molar-refractivity contribution < 1.29 is 4.79 Å². The van der Waals surface area contributed by atoms with Crippen LogP contribution in [0.3, 0.4) is 0 Å². The van der Waals surface area contributed by atoms with E-state index >= 15 is 0 Å². The maximum atomic E-state index is 11.9. The molecular weight excluding hydrogens is 260 g/mol. The number of nitrogens with zero attached hydrogens (tertiary/aromatic N) is 4. The van der Waals surface area contributed by atoms with Gasteiger partial charge in [-0.3, -0.25) is 9.48 Å². The SMILES string of the molecule is Cn1cc(/C=C2\SC(N3CCCCC3)=NC2=O)cn1. The summed E-state index contributed by atoms with van der Waals surface area (Å²) in [6, 6.07) is 0. The molecule has 1 aromatic rings. The normalized spacial score (nSPS) is 22.2. The van der Waals surface area contributed by atoms with E-state index in [4.69, 9.17) is 0 Å². The summed E-state index contributed by atoms with van der Waals surface area (Å²) in [5.74, 6) is -0.130.